The lowest BCUT2D eigenvalue weighted by Gasteiger charge is -2.23. The molecule has 0 aromatic heterocycles. The minimum Gasteiger partial charge on any atom is -0.399 e. The van der Waals surface area contributed by atoms with Crippen LogP contribution in [0.15, 0.2) is 42.5 Å². The van der Waals surface area contributed by atoms with Crippen LogP contribution in [0, 0.1) is 3.57 Å². The van der Waals surface area contributed by atoms with Gasteiger partial charge in [0.1, 0.15) is 0 Å². The molecule has 2 aromatic carbocycles. The van der Waals surface area contributed by atoms with Crippen molar-refractivity contribution in [1.29, 1.82) is 0 Å². The summed E-state index contributed by atoms with van der Waals surface area (Å²) >= 11 is 2.21. The van der Waals surface area contributed by atoms with Crippen LogP contribution >= 0.6 is 22.6 Å². The molecule has 0 saturated carbocycles. The quantitative estimate of drug-likeness (QED) is 0.610. The first kappa shape index (κ1) is 13.4. The number of rotatable bonds is 1. The predicted molar refractivity (Wildman–Crippen MR) is 90.0 cm³/mol. The van der Waals surface area contributed by atoms with E-state index in [9.17, 15) is 4.79 Å². The van der Waals surface area contributed by atoms with E-state index < -0.39 is 0 Å². The highest BCUT2D eigenvalue weighted by atomic mass is 127. The van der Waals surface area contributed by atoms with Crippen LogP contribution in [0.25, 0.3) is 0 Å². The van der Waals surface area contributed by atoms with Crippen LogP contribution in [0.4, 0.5) is 11.4 Å². The normalized spacial score (nSPS) is 17.1. The summed E-state index contributed by atoms with van der Waals surface area (Å²) in [6.07, 6.45) is 0.857. The minimum absolute atomic E-state index is 0.0611. The van der Waals surface area contributed by atoms with Crippen molar-refractivity contribution in [2.24, 2.45) is 0 Å². The van der Waals surface area contributed by atoms with Gasteiger partial charge in [-0.3, -0.25) is 4.79 Å². The van der Waals surface area contributed by atoms with Gasteiger partial charge in [0.05, 0.1) is 5.56 Å². The van der Waals surface area contributed by atoms with Crippen molar-refractivity contribution in [3.63, 3.8) is 0 Å². The predicted octanol–water partition coefficient (Wildman–Crippen LogP) is 3.46. The largest absolute Gasteiger partial charge is 0.399 e. The molecule has 0 radical (unpaired) electrons. The zero-order valence-corrected chi connectivity index (χ0v) is 13.3. The van der Waals surface area contributed by atoms with E-state index in [4.69, 9.17) is 5.73 Å². The number of hydrogen-bond acceptors (Lipinski definition) is 2. The number of fused-ring (bicyclic) bond motifs is 1. The molecule has 1 aliphatic rings. The van der Waals surface area contributed by atoms with Gasteiger partial charge in [-0.05, 0) is 71.8 Å². The molecule has 20 heavy (non-hydrogen) atoms. The maximum atomic E-state index is 12.8. The third kappa shape index (κ3) is 2.18. The number of halogens is 1. The van der Waals surface area contributed by atoms with Crippen LogP contribution in [0.3, 0.4) is 0 Å². The molecule has 3 rings (SSSR count). The third-order valence-electron chi connectivity index (χ3n) is 3.64. The number of nitrogens with zero attached hydrogens (tertiary/aromatic N) is 1. The summed E-state index contributed by atoms with van der Waals surface area (Å²) in [4.78, 5) is 14.7. The highest BCUT2D eigenvalue weighted by molar-refractivity contribution is 14.1. The molecule has 102 valence electrons. The molecule has 1 aliphatic heterocycles. The van der Waals surface area contributed by atoms with Gasteiger partial charge >= 0.3 is 0 Å². The summed E-state index contributed by atoms with van der Waals surface area (Å²) in [5.41, 5.74) is 9.46. The zero-order chi connectivity index (χ0) is 14.3. The summed E-state index contributed by atoms with van der Waals surface area (Å²) in [6.45, 7) is 2.07. The molecule has 2 aromatic rings. The SMILES string of the molecule is CC1Cc2cc(N)ccc2N1C(=O)c1ccccc1I. The summed E-state index contributed by atoms with van der Waals surface area (Å²) in [7, 11) is 0. The first-order valence-electron chi connectivity index (χ1n) is 6.54. The standard InChI is InChI=1S/C16H15IN2O/c1-10-8-11-9-12(18)6-7-15(11)19(10)16(20)13-4-2-3-5-14(13)17/h2-7,9-10H,8,18H2,1H3. The van der Waals surface area contributed by atoms with Gasteiger partial charge in [0, 0.05) is 21.0 Å². The number of anilines is 2. The molecule has 0 spiro atoms. The van der Waals surface area contributed by atoms with E-state index in [0.29, 0.717) is 0 Å². The number of nitrogen functional groups attached to an aromatic ring is 1. The van der Waals surface area contributed by atoms with Crippen LogP contribution in [0.2, 0.25) is 0 Å². The van der Waals surface area contributed by atoms with Crippen molar-refractivity contribution >= 4 is 39.9 Å². The highest BCUT2D eigenvalue weighted by Crippen LogP contribution is 2.35. The van der Waals surface area contributed by atoms with Gasteiger partial charge in [-0.2, -0.15) is 0 Å². The summed E-state index contributed by atoms with van der Waals surface area (Å²) in [5, 5.41) is 0. The first-order chi connectivity index (χ1) is 9.58. The fourth-order valence-corrected chi connectivity index (χ4v) is 3.34. The molecule has 2 N–H and O–H groups in total. The van der Waals surface area contributed by atoms with Gasteiger partial charge < -0.3 is 10.6 Å². The van der Waals surface area contributed by atoms with Crippen molar-refractivity contribution in [1.82, 2.24) is 0 Å². The lowest BCUT2D eigenvalue weighted by molar-refractivity contribution is 0.0980. The maximum absolute atomic E-state index is 12.8. The van der Waals surface area contributed by atoms with E-state index in [-0.39, 0.29) is 11.9 Å². The minimum atomic E-state index is 0.0611. The summed E-state index contributed by atoms with van der Waals surface area (Å²) in [6, 6.07) is 13.6. The Morgan fingerprint density at radius 1 is 1.30 bits per heavy atom. The lowest BCUT2D eigenvalue weighted by atomic mass is 10.1. The van der Waals surface area contributed by atoms with Gasteiger partial charge in [-0.15, -0.1) is 0 Å². The fraction of sp³-hybridized carbons (Fsp3) is 0.188. The Labute approximate surface area is 131 Å². The molecule has 4 heteroatoms. The molecular weight excluding hydrogens is 363 g/mol. The Hall–Kier alpha value is -1.56. The van der Waals surface area contributed by atoms with Gasteiger partial charge in [0.2, 0.25) is 0 Å². The summed E-state index contributed by atoms with van der Waals surface area (Å²) < 4.78 is 0.978. The number of carbonyl (C=O) groups excluding carboxylic acids is 1. The van der Waals surface area contributed by atoms with E-state index in [1.165, 1.54) is 0 Å². The van der Waals surface area contributed by atoms with E-state index in [2.05, 4.69) is 29.5 Å². The van der Waals surface area contributed by atoms with Crippen LogP contribution in [-0.4, -0.2) is 11.9 Å². The Bertz CT molecular complexity index is 684. The number of carbonyl (C=O) groups is 1. The topological polar surface area (TPSA) is 46.3 Å². The van der Waals surface area contributed by atoms with Crippen LogP contribution in [0.1, 0.15) is 22.8 Å². The molecule has 0 aliphatic carbocycles. The molecule has 1 unspecified atom stereocenters. The van der Waals surface area contributed by atoms with Gasteiger partial charge in [-0.1, -0.05) is 12.1 Å². The number of benzene rings is 2. The molecule has 0 fully saturated rings. The third-order valence-corrected chi connectivity index (χ3v) is 4.58. The smallest absolute Gasteiger partial charge is 0.259 e. The van der Waals surface area contributed by atoms with Crippen LogP contribution in [-0.2, 0) is 6.42 Å². The Balaban J connectivity index is 2.04. The van der Waals surface area contributed by atoms with Gasteiger partial charge in [-0.25, -0.2) is 0 Å². The highest BCUT2D eigenvalue weighted by Gasteiger charge is 2.32. The second-order valence-corrected chi connectivity index (χ2v) is 6.26. The summed E-state index contributed by atoms with van der Waals surface area (Å²) in [5.74, 6) is 0.0611. The van der Waals surface area contributed by atoms with Crippen molar-refractivity contribution in [2.45, 2.75) is 19.4 Å². The second-order valence-electron chi connectivity index (χ2n) is 5.10. The molecule has 0 saturated heterocycles. The lowest BCUT2D eigenvalue weighted by Crippen LogP contribution is -2.36. The number of hydrogen-bond donors (Lipinski definition) is 1. The van der Waals surface area contributed by atoms with Gasteiger partial charge in [0.15, 0.2) is 0 Å². The fourth-order valence-electron chi connectivity index (χ4n) is 2.72. The first-order valence-corrected chi connectivity index (χ1v) is 7.62. The molecule has 1 atom stereocenters. The van der Waals surface area contributed by atoms with Crippen LogP contribution < -0.4 is 10.6 Å². The molecule has 1 amide bonds. The Morgan fingerprint density at radius 2 is 2.05 bits per heavy atom. The van der Waals surface area contributed by atoms with E-state index in [1.807, 2.05) is 47.4 Å². The molecule has 0 bridgehead atoms. The van der Waals surface area contributed by atoms with E-state index in [1.54, 1.807) is 0 Å². The van der Waals surface area contributed by atoms with Gasteiger partial charge in [0.25, 0.3) is 5.91 Å². The second kappa shape index (κ2) is 5.09. The average Bonchev–Trinajstić information content (AvgIpc) is 2.73. The Morgan fingerprint density at radius 3 is 2.80 bits per heavy atom. The van der Waals surface area contributed by atoms with Crippen LogP contribution in [0.5, 0.6) is 0 Å². The van der Waals surface area contributed by atoms with Crippen molar-refractivity contribution in [2.75, 3.05) is 10.6 Å². The molecule has 3 nitrogen and oxygen atoms in total. The van der Waals surface area contributed by atoms with E-state index >= 15 is 0 Å². The monoisotopic (exact) mass is 378 g/mol. The van der Waals surface area contributed by atoms with Crippen molar-refractivity contribution in [3.05, 3.63) is 57.2 Å². The number of amides is 1. The zero-order valence-electron chi connectivity index (χ0n) is 11.1. The molecular formula is C16H15IN2O. The maximum Gasteiger partial charge on any atom is 0.259 e. The number of nitrogens with two attached hydrogens (primary N) is 1. The average molecular weight is 378 g/mol. The van der Waals surface area contributed by atoms with Crippen molar-refractivity contribution < 1.29 is 4.79 Å². The van der Waals surface area contributed by atoms with E-state index in [0.717, 1.165) is 32.5 Å². The Kier molecular flexibility index (Phi) is 3.41. The van der Waals surface area contributed by atoms with Crippen molar-refractivity contribution in [3.8, 4) is 0 Å². The molecule has 1 heterocycles.